The van der Waals surface area contributed by atoms with Gasteiger partial charge < -0.3 is 18.9 Å². The third-order valence-corrected chi connectivity index (χ3v) is 3.80. The summed E-state index contributed by atoms with van der Waals surface area (Å²) < 4.78 is 22.1. The highest BCUT2D eigenvalue weighted by Crippen LogP contribution is 2.04. The van der Waals surface area contributed by atoms with Crippen LogP contribution in [0.5, 0.6) is 0 Å². The predicted octanol–water partition coefficient (Wildman–Crippen LogP) is 2.34. The minimum absolute atomic E-state index is 0.632. The molecule has 0 amide bonds. The van der Waals surface area contributed by atoms with E-state index in [4.69, 9.17) is 18.9 Å². The van der Waals surface area contributed by atoms with Gasteiger partial charge in [0.1, 0.15) is 0 Å². The lowest BCUT2D eigenvalue weighted by Crippen LogP contribution is -2.32. The van der Waals surface area contributed by atoms with Gasteiger partial charge in [0.15, 0.2) is 0 Å². The van der Waals surface area contributed by atoms with Gasteiger partial charge in [-0.2, -0.15) is 0 Å². The highest BCUT2D eigenvalue weighted by atomic mass is 16.6. The fraction of sp³-hybridized carbons (Fsp3) is 1.00. The molecule has 0 N–H and O–H groups in total. The molecule has 0 atom stereocenters. The van der Waals surface area contributed by atoms with Crippen LogP contribution in [-0.4, -0.2) is 77.4 Å². The fourth-order valence-electron chi connectivity index (χ4n) is 2.42. The van der Waals surface area contributed by atoms with Crippen LogP contribution < -0.4 is 0 Å². The average molecular weight is 317 g/mol. The predicted molar refractivity (Wildman–Crippen MR) is 88.5 cm³/mol. The zero-order valence-corrected chi connectivity index (χ0v) is 14.4. The Morgan fingerprint density at radius 2 is 1.05 bits per heavy atom. The second-order valence-electron chi connectivity index (χ2n) is 5.71. The maximum Gasteiger partial charge on any atom is 0.0701 e. The standard InChI is InChI=1S/C17H35NO4/c1-2-3-4-5-6-7-18-8-10-19-12-14-21-16-17-22-15-13-20-11-9-18/h2-17H2,1H3. The van der Waals surface area contributed by atoms with Crippen LogP contribution in [0.2, 0.25) is 0 Å². The van der Waals surface area contributed by atoms with E-state index in [-0.39, 0.29) is 0 Å². The highest BCUT2D eigenvalue weighted by Gasteiger charge is 2.05. The van der Waals surface area contributed by atoms with E-state index in [1.54, 1.807) is 0 Å². The number of rotatable bonds is 6. The van der Waals surface area contributed by atoms with Crippen molar-refractivity contribution in [2.75, 3.05) is 72.5 Å². The molecule has 1 saturated heterocycles. The Morgan fingerprint density at radius 1 is 0.591 bits per heavy atom. The molecule has 0 aromatic rings. The first-order valence-electron chi connectivity index (χ1n) is 8.97. The van der Waals surface area contributed by atoms with Gasteiger partial charge in [-0.15, -0.1) is 0 Å². The average Bonchev–Trinajstić information content (AvgIpc) is 2.54. The first kappa shape index (κ1) is 19.8. The summed E-state index contributed by atoms with van der Waals surface area (Å²) in [5, 5.41) is 0. The molecule has 0 unspecified atom stereocenters. The number of hydrogen-bond donors (Lipinski definition) is 0. The van der Waals surface area contributed by atoms with Crippen molar-refractivity contribution in [3.63, 3.8) is 0 Å². The van der Waals surface area contributed by atoms with Gasteiger partial charge in [0.05, 0.1) is 52.9 Å². The van der Waals surface area contributed by atoms with Crippen molar-refractivity contribution in [1.82, 2.24) is 4.90 Å². The monoisotopic (exact) mass is 317 g/mol. The lowest BCUT2D eigenvalue weighted by molar-refractivity contribution is 0.00206. The molecule has 0 aliphatic carbocycles. The lowest BCUT2D eigenvalue weighted by Gasteiger charge is -2.22. The Hall–Kier alpha value is -0.200. The van der Waals surface area contributed by atoms with Crippen LogP contribution in [0, 0.1) is 0 Å². The van der Waals surface area contributed by atoms with E-state index in [9.17, 15) is 0 Å². The Kier molecular flexibility index (Phi) is 14.2. The van der Waals surface area contributed by atoms with E-state index in [1.165, 1.54) is 32.1 Å². The van der Waals surface area contributed by atoms with Crippen LogP contribution in [0.3, 0.4) is 0 Å². The second kappa shape index (κ2) is 15.7. The van der Waals surface area contributed by atoms with Crippen LogP contribution in [0.4, 0.5) is 0 Å². The summed E-state index contributed by atoms with van der Waals surface area (Å²) >= 11 is 0. The topological polar surface area (TPSA) is 40.2 Å². The van der Waals surface area contributed by atoms with E-state index in [0.29, 0.717) is 39.6 Å². The molecule has 0 spiro atoms. The molecule has 0 aromatic carbocycles. The Balaban J connectivity index is 2.18. The van der Waals surface area contributed by atoms with E-state index in [0.717, 1.165) is 32.8 Å². The van der Waals surface area contributed by atoms with Crippen molar-refractivity contribution in [2.45, 2.75) is 39.0 Å². The molecule has 5 heteroatoms. The summed E-state index contributed by atoms with van der Waals surface area (Å²) in [6.07, 6.45) is 6.60. The first-order chi connectivity index (χ1) is 10.9. The number of hydrogen-bond acceptors (Lipinski definition) is 5. The molecule has 1 aliphatic heterocycles. The minimum atomic E-state index is 0.632. The van der Waals surface area contributed by atoms with Crippen LogP contribution in [0.1, 0.15) is 39.0 Å². The first-order valence-corrected chi connectivity index (χ1v) is 8.97. The van der Waals surface area contributed by atoms with Gasteiger partial charge in [-0.1, -0.05) is 32.6 Å². The Bertz CT molecular complexity index is 213. The second-order valence-corrected chi connectivity index (χ2v) is 5.71. The smallest absolute Gasteiger partial charge is 0.0701 e. The molecule has 0 radical (unpaired) electrons. The molecule has 0 saturated carbocycles. The molecule has 1 heterocycles. The van der Waals surface area contributed by atoms with E-state index in [2.05, 4.69) is 11.8 Å². The minimum Gasteiger partial charge on any atom is -0.378 e. The number of unbranched alkanes of at least 4 members (excludes halogenated alkanes) is 4. The summed E-state index contributed by atoms with van der Waals surface area (Å²) in [7, 11) is 0. The van der Waals surface area contributed by atoms with Crippen molar-refractivity contribution in [3.05, 3.63) is 0 Å². The zero-order valence-electron chi connectivity index (χ0n) is 14.4. The van der Waals surface area contributed by atoms with Crippen LogP contribution >= 0.6 is 0 Å². The third kappa shape index (κ3) is 12.4. The van der Waals surface area contributed by atoms with Crippen molar-refractivity contribution < 1.29 is 18.9 Å². The maximum absolute atomic E-state index is 5.64. The van der Waals surface area contributed by atoms with Gasteiger partial charge in [0.2, 0.25) is 0 Å². The number of ether oxygens (including phenoxy) is 4. The molecular formula is C17H35NO4. The molecule has 1 aliphatic rings. The Labute approximate surface area is 136 Å². The maximum atomic E-state index is 5.64. The molecular weight excluding hydrogens is 282 g/mol. The Morgan fingerprint density at radius 3 is 1.55 bits per heavy atom. The summed E-state index contributed by atoms with van der Waals surface area (Å²) in [5.74, 6) is 0. The fourth-order valence-corrected chi connectivity index (χ4v) is 2.42. The van der Waals surface area contributed by atoms with Gasteiger partial charge in [0.25, 0.3) is 0 Å². The summed E-state index contributed by atoms with van der Waals surface area (Å²) in [6.45, 7) is 10.8. The third-order valence-electron chi connectivity index (χ3n) is 3.80. The van der Waals surface area contributed by atoms with Crippen molar-refractivity contribution >= 4 is 0 Å². The molecule has 5 nitrogen and oxygen atoms in total. The number of nitrogens with zero attached hydrogens (tertiary/aromatic N) is 1. The van der Waals surface area contributed by atoms with Gasteiger partial charge in [-0.3, -0.25) is 4.90 Å². The normalized spacial score (nSPS) is 21.1. The van der Waals surface area contributed by atoms with E-state index < -0.39 is 0 Å². The molecule has 22 heavy (non-hydrogen) atoms. The summed E-state index contributed by atoms with van der Waals surface area (Å²) in [5.41, 5.74) is 0. The zero-order chi connectivity index (χ0) is 15.7. The van der Waals surface area contributed by atoms with E-state index in [1.807, 2.05) is 0 Å². The SMILES string of the molecule is CCCCCCCN1CCOCCOCCOCCOCC1. The van der Waals surface area contributed by atoms with Gasteiger partial charge >= 0.3 is 0 Å². The summed E-state index contributed by atoms with van der Waals surface area (Å²) in [6, 6.07) is 0. The van der Waals surface area contributed by atoms with Gasteiger partial charge in [-0.05, 0) is 13.0 Å². The highest BCUT2D eigenvalue weighted by molar-refractivity contribution is 4.58. The quantitative estimate of drug-likeness (QED) is 0.703. The van der Waals surface area contributed by atoms with Gasteiger partial charge in [-0.25, -0.2) is 0 Å². The molecule has 1 fully saturated rings. The van der Waals surface area contributed by atoms with Crippen molar-refractivity contribution in [3.8, 4) is 0 Å². The van der Waals surface area contributed by atoms with Crippen molar-refractivity contribution in [2.24, 2.45) is 0 Å². The largest absolute Gasteiger partial charge is 0.378 e. The van der Waals surface area contributed by atoms with E-state index >= 15 is 0 Å². The lowest BCUT2D eigenvalue weighted by atomic mass is 10.1. The molecule has 0 aromatic heterocycles. The van der Waals surface area contributed by atoms with Crippen LogP contribution in [0.25, 0.3) is 0 Å². The van der Waals surface area contributed by atoms with Crippen LogP contribution in [0.15, 0.2) is 0 Å². The van der Waals surface area contributed by atoms with Gasteiger partial charge in [0, 0.05) is 13.1 Å². The molecule has 1 rings (SSSR count). The summed E-state index contributed by atoms with van der Waals surface area (Å²) in [4.78, 5) is 2.45. The molecule has 0 bridgehead atoms. The van der Waals surface area contributed by atoms with Crippen molar-refractivity contribution in [1.29, 1.82) is 0 Å². The molecule has 132 valence electrons. The van der Waals surface area contributed by atoms with Crippen LogP contribution in [-0.2, 0) is 18.9 Å².